The number of fused-ring (bicyclic) bond motifs is 3. The Kier molecular flexibility index (Phi) is 5.01. The van der Waals surface area contributed by atoms with Crippen LogP contribution in [0.1, 0.15) is 30.1 Å². The van der Waals surface area contributed by atoms with Gasteiger partial charge in [-0.25, -0.2) is 0 Å². The molecule has 146 valence electrons. The number of thiophene rings is 1. The zero-order chi connectivity index (χ0) is 18.9. The van der Waals surface area contributed by atoms with Gasteiger partial charge in [-0.2, -0.15) is 5.10 Å². The van der Waals surface area contributed by atoms with E-state index < -0.39 is 0 Å². The minimum Gasteiger partial charge on any atom is -0.310 e. The molecule has 3 aromatic heterocycles. The van der Waals surface area contributed by atoms with Gasteiger partial charge in [0.25, 0.3) is 0 Å². The molecule has 6 heteroatoms. The van der Waals surface area contributed by atoms with Crippen LogP contribution in [0.3, 0.4) is 0 Å². The number of pyridine rings is 1. The van der Waals surface area contributed by atoms with Gasteiger partial charge in [0.1, 0.15) is 5.69 Å². The van der Waals surface area contributed by atoms with Gasteiger partial charge in [0.05, 0.1) is 10.6 Å². The molecule has 2 bridgehead atoms. The van der Waals surface area contributed by atoms with Gasteiger partial charge >= 0.3 is 0 Å². The van der Waals surface area contributed by atoms with Crippen LogP contribution in [-0.2, 0) is 13.6 Å². The highest BCUT2D eigenvalue weighted by Crippen LogP contribution is 2.42. The monoisotopic (exact) mass is 393 g/mol. The van der Waals surface area contributed by atoms with E-state index in [1.807, 2.05) is 12.3 Å². The van der Waals surface area contributed by atoms with Crippen molar-refractivity contribution >= 4 is 11.3 Å². The fraction of sp³-hybridized carbons (Fsp3) is 0.455. The summed E-state index contributed by atoms with van der Waals surface area (Å²) in [5.74, 6) is 1.37. The predicted octanol–water partition coefficient (Wildman–Crippen LogP) is 3.51. The maximum Gasteiger partial charge on any atom is 0.103 e. The Hall–Kier alpha value is -2.02. The van der Waals surface area contributed by atoms with E-state index in [1.54, 1.807) is 11.3 Å². The van der Waals surface area contributed by atoms with Crippen LogP contribution in [0.2, 0.25) is 0 Å². The average Bonchev–Trinajstić information content (AvgIpc) is 3.39. The minimum absolute atomic E-state index is 0.604. The van der Waals surface area contributed by atoms with Crippen molar-refractivity contribution in [3.8, 4) is 10.6 Å². The normalized spacial score (nSPS) is 26.6. The standard InChI is InChI=1S/C22H27N5S/c1-26-21(12-20(25-26)22-6-4-10-28-22)19-15-27-9-7-16(19)11-18(27)14-23-13-17-5-2-3-8-24-17/h2-6,8,10,12,16,18-19,23H,7,9,11,13-15H2,1H3/t16-,18+,19+/m0/s1. The van der Waals surface area contributed by atoms with E-state index in [0.29, 0.717) is 12.0 Å². The average molecular weight is 394 g/mol. The van der Waals surface area contributed by atoms with Gasteiger partial charge in [-0.15, -0.1) is 11.3 Å². The molecule has 3 aliphatic rings. The van der Waals surface area contributed by atoms with Crippen molar-refractivity contribution in [3.05, 3.63) is 59.4 Å². The maximum atomic E-state index is 4.80. The van der Waals surface area contributed by atoms with Crippen LogP contribution in [0, 0.1) is 5.92 Å². The lowest BCUT2D eigenvalue weighted by atomic mass is 9.74. The van der Waals surface area contributed by atoms with Gasteiger partial charge in [-0.3, -0.25) is 14.6 Å². The maximum absolute atomic E-state index is 4.80. The van der Waals surface area contributed by atoms with E-state index in [9.17, 15) is 0 Å². The van der Waals surface area contributed by atoms with E-state index in [0.717, 1.165) is 36.9 Å². The predicted molar refractivity (Wildman–Crippen MR) is 113 cm³/mol. The highest BCUT2D eigenvalue weighted by molar-refractivity contribution is 7.13. The third-order valence-corrected chi connectivity index (χ3v) is 7.25. The molecule has 3 fully saturated rings. The molecule has 0 spiro atoms. The summed E-state index contributed by atoms with van der Waals surface area (Å²) in [7, 11) is 2.11. The first kappa shape index (κ1) is 18.0. The second-order valence-corrected chi connectivity index (χ2v) is 8.99. The van der Waals surface area contributed by atoms with Gasteiger partial charge in [0.2, 0.25) is 0 Å². The fourth-order valence-corrected chi connectivity index (χ4v) is 5.61. The number of aryl methyl sites for hydroxylation is 1. The molecule has 1 unspecified atom stereocenters. The molecule has 28 heavy (non-hydrogen) atoms. The van der Waals surface area contributed by atoms with Crippen LogP contribution in [0.4, 0.5) is 0 Å². The molecule has 5 nitrogen and oxygen atoms in total. The Bertz CT molecular complexity index is 904. The molecule has 3 saturated heterocycles. The number of nitrogens with zero attached hydrogens (tertiary/aromatic N) is 4. The summed E-state index contributed by atoms with van der Waals surface area (Å²) in [4.78, 5) is 8.36. The highest BCUT2D eigenvalue weighted by Gasteiger charge is 2.41. The summed E-state index contributed by atoms with van der Waals surface area (Å²) in [6.45, 7) is 4.29. The second kappa shape index (κ2) is 7.78. The van der Waals surface area contributed by atoms with E-state index in [-0.39, 0.29) is 0 Å². The van der Waals surface area contributed by atoms with Crippen molar-refractivity contribution in [2.45, 2.75) is 31.3 Å². The number of nitrogens with one attached hydrogen (secondary N) is 1. The van der Waals surface area contributed by atoms with E-state index in [1.165, 1.54) is 30.0 Å². The first-order valence-corrected chi connectivity index (χ1v) is 11.1. The first-order valence-electron chi connectivity index (χ1n) is 10.2. The molecule has 0 aliphatic carbocycles. The molecule has 3 aliphatic heterocycles. The minimum atomic E-state index is 0.604. The fourth-order valence-electron chi connectivity index (χ4n) is 4.93. The van der Waals surface area contributed by atoms with Crippen LogP contribution in [0.5, 0.6) is 0 Å². The number of rotatable bonds is 6. The zero-order valence-electron chi connectivity index (χ0n) is 16.3. The number of hydrogen-bond donors (Lipinski definition) is 1. The van der Waals surface area contributed by atoms with Crippen LogP contribution in [0.25, 0.3) is 10.6 Å². The molecule has 0 aromatic carbocycles. The van der Waals surface area contributed by atoms with Gasteiger partial charge in [-0.1, -0.05) is 12.1 Å². The van der Waals surface area contributed by atoms with Crippen molar-refractivity contribution in [2.75, 3.05) is 19.6 Å². The van der Waals surface area contributed by atoms with Crippen LogP contribution >= 0.6 is 11.3 Å². The van der Waals surface area contributed by atoms with Crippen molar-refractivity contribution in [1.82, 2.24) is 25.0 Å². The molecule has 0 radical (unpaired) electrons. The SMILES string of the molecule is Cn1nc(-c2cccs2)cc1[C@@H]1CN2CC[C@H]1C[C@@H]2CNCc1ccccn1. The van der Waals surface area contributed by atoms with Gasteiger partial charge in [0, 0.05) is 50.5 Å². The molecule has 0 amide bonds. The Morgan fingerprint density at radius 2 is 2.21 bits per heavy atom. The molecule has 6 rings (SSSR count). The molecular weight excluding hydrogens is 366 g/mol. The molecule has 1 N–H and O–H groups in total. The van der Waals surface area contributed by atoms with Gasteiger partial charge < -0.3 is 5.32 Å². The third-order valence-electron chi connectivity index (χ3n) is 6.36. The first-order chi connectivity index (χ1) is 13.8. The van der Waals surface area contributed by atoms with Crippen molar-refractivity contribution in [2.24, 2.45) is 13.0 Å². The van der Waals surface area contributed by atoms with Crippen LogP contribution < -0.4 is 5.32 Å². The highest BCUT2D eigenvalue weighted by atomic mass is 32.1. The van der Waals surface area contributed by atoms with E-state index in [2.05, 4.69) is 62.6 Å². The van der Waals surface area contributed by atoms with Gasteiger partial charge in [0.15, 0.2) is 0 Å². The molecule has 4 atom stereocenters. The van der Waals surface area contributed by atoms with E-state index >= 15 is 0 Å². The summed E-state index contributed by atoms with van der Waals surface area (Å²) in [5, 5.41) is 10.6. The summed E-state index contributed by atoms with van der Waals surface area (Å²) >= 11 is 1.77. The van der Waals surface area contributed by atoms with Crippen molar-refractivity contribution < 1.29 is 0 Å². The number of aromatic nitrogens is 3. The smallest absolute Gasteiger partial charge is 0.103 e. The topological polar surface area (TPSA) is 46.0 Å². The number of hydrogen-bond acceptors (Lipinski definition) is 5. The largest absolute Gasteiger partial charge is 0.310 e. The van der Waals surface area contributed by atoms with Crippen molar-refractivity contribution in [1.29, 1.82) is 0 Å². The van der Waals surface area contributed by atoms with Crippen LogP contribution in [0.15, 0.2) is 48.0 Å². The Morgan fingerprint density at radius 3 is 2.96 bits per heavy atom. The summed E-state index contributed by atoms with van der Waals surface area (Å²) in [5.41, 5.74) is 3.64. The van der Waals surface area contributed by atoms with Gasteiger partial charge in [-0.05, 0) is 54.9 Å². The Labute approximate surface area is 170 Å². The molecular formula is C22H27N5S. The summed E-state index contributed by atoms with van der Waals surface area (Å²) < 4.78 is 2.12. The summed E-state index contributed by atoms with van der Waals surface area (Å²) in [6.07, 6.45) is 4.45. The second-order valence-electron chi connectivity index (χ2n) is 8.05. The third kappa shape index (κ3) is 3.52. The lowest BCUT2D eigenvalue weighted by Crippen LogP contribution is -2.55. The van der Waals surface area contributed by atoms with Crippen molar-refractivity contribution in [3.63, 3.8) is 0 Å². The lowest BCUT2D eigenvalue weighted by Gasteiger charge is -2.50. The molecule has 3 aromatic rings. The lowest BCUT2D eigenvalue weighted by molar-refractivity contribution is 0.0281. The van der Waals surface area contributed by atoms with Crippen LogP contribution in [-0.4, -0.2) is 45.3 Å². The molecule has 0 saturated carbocycles. The Balaban J connectivity index is 1.23. The number of piperidine rings is 3. The molecule has 6 heterocycles. The summed E-state index contributed by atoms with van der Waals surface area (Å²) in [6, 6.07) is 13.3. The Morgan fingerprint density at radius 1 is 1.25 bits per heavy atom. The quantitative estimate of drug-likeness (QED) is 0.696. The van der Waals surface area contributed by atoms with E-state index in [4.69, 9.17) is 5.10 Å². The zero-order valence-corrected chi connectivity index (χ0v) is 17.1.